The summed E-state index contributed by atoms with van der Waals surface area (Å²) in [5.74, 6) is 1.00. The summed E-state index contributed by atoms with van der Waals surface area (Å²) in [6.45, 7) is 10.2. The molecule has 3 rings (SSSR count). The van der Waals surface area contributed by atoms with Crippen molar-refractivity contribution in [1.29, 1.82) is 0 Å². The number of nitrogens with one attached hydrogen (secondary N) is 1. The Bertz CT molecular complexity index is 589. The average molecular weight is 345 g/mol. The molecule has 0 saturated carbocycles. The number of hydrogen-bond donors (Lipinski definition) is 1. The number of hydrogen-bond acceptors (Lipinski definition) is 3. The van der Waals surface area contributed by atoms with Gasteiger partial charge in [-0.25, -0.2) is 0 Å². The van der Waals surface area contributed by atoms with Crippen molar-refractivity contribution < 1.29 is 4.74 Å². The smallest absolute Gasteiger partial charge is 0.193 e. The van der Waals surface area contributed by atoms with Gasteiger partial charge in [0, 0.05) is 26.2 Å². The lowest BCUT2D eigenvalue weighted by atomic mass is 10.0. The molecule has 138 valence electrons. The molecule has 2 saturated heterocycles. The Balaban J connectivity index is 1.60. The molecule has 0 aliphatic carbocycles. The zero-order valence-electron chi connectivity index (χ0n) is 15.9. The molecule has 5 heteroatoms. The Morgan fingerprint density at radius 3 is 2.92 bits per heavy atom. The molecule has 0 aromatic heterocycles. The highest BCUT2D eigenvalue weighted by Gasteiger charge is 2.27. The molecule has 0 radical (unpaired) electrons. The van der Waals surface area contributed by atoms with Gasteiger partial charge in [0.2, 0.25) is 0 Å². The lowest BCUT2D eigenvalue weighted by molar-refractivity contribution is -0.00839. The van der Waals surface area contributed by atoms with Crippen LogP contribution in [0.5, 0.6) is 0 Å². The Morgan fingerprint density at radius 2 is 2.16 bits per heavy atom. The molecule has 5 nitrogen and oxygen atoms in total. The maximum atomic E-state index is 6.05. The van der Waals surface area contributed by atoms with E-state index in [9.17, 15) is 0 Å². The van der Waals surface area contributed by atoms with Gasteiger partial charge in [-0.1, -0.05) is 31.2 Å². The first kappa shape index (κ1) is 18.2. The zero-order chi connectivity index (χ0) is 17.6. The van der Waals surface area contributed by atoms with Crippen LogP contribution in [0.2, 0.25) is 0 Å². The highest BCUT2D eigenvalue weighted by Crippen LogP contribution is 2.25. The van der Waals surface area contributed by atoms with Crippen molar-refractivity contribution in [1.82, 2.24) is 15.1 Å². The first-order valence-electron chi connectivity index (χ1n) is 9.59. The maximum Gasteiger partial charge on any atom is 0.193 e. The van der Waals surface area contributed by atoms with Gasteiger partial charge in [-0.15, -0.1) is 0 Å². The fourth-order valence-electron chi connectivity index (χ4n) is 4.06. The van der Waals surface area contributed by atoms with E-state index in [1.54, 1.807) is 0 Å². The molecule has 1 N–H and O–H groups in total. The van der Waals surface area contributed by atoms with Gasteiger partial charge in [0.1, 0.15) is 6.10 Å². The number of benzene rings is 1. The van der Waals surface area contributed by atoms with E-state index < -0.39 is 0 Å². The fourth-order valence-corrected chi connectivity index (χ4v) is 4.06. The van der Waals surface area contributed by atoms with Crippen molar-refractivity contribution in [2.24, 2.45) is 4.99 Å². The van der Waals surface area contributed by atoms with E-state index in [1.807, 2.05) is 7.05 Å². The van der Waals surface area contributed by atoms with Crippen molar-refractivity contribution in [3.8, 4) is 0 Å². The minimum Gasteiger partial charge on any atom is -0.370 e. The quantitative estimate of drug-likeness (QED) is 0.673. The van der Waals surface area contributed by atoms with E-state index in [2.05, 4.69) is 58.2 Å². The van der Waals surface area contributed by atoms with Gasteiger partial charge in [0.25, 0.3) is 0 Å². The van der Waals surface area contributed by atoms with Crippen LogP contribution >= 0.6 is 0 Å². The van der Waals surface area contributed by atoms with Crippen LogP contribution < -0.4 is 5.32 Å². The summed E-state index contributed by atoms with van der Waals surface area (Å²) in [7, 11) is 1.88. The van der Waals surface area contributed by atoms with Crippen LogP contribution in [0.4, 0.5) is 0 Å². The number of likely N-dealkylation sites (tertiary alicyclic amines) is 1. The van der Waals surface area contributed by atoms with E-state index >= 15 is 0 Å². The van der Waals surface area contributed by atoms with E-state index in [0.717, 1.165) is 38.7 Å². The number of aliphatic imine (C=N–C) groups is 1. The van der Waals surface area contributed by atoms with Gasteiger partial charge in [0.15, 0.2) is 5.96 Å². The largest absolute Gasteiger partial charge is 0.370 e. The van der Waals surface area contributed by atoms with Crippen molar-refractivity contribution in [3.05, 3.63) is 35.4 Å². The monoisotopic (exact) mass is 344 g/mol. The van der Waals surface area contributed by atoms with E-state index in [4.69, 9.17) is 4.74 Å². The second-order valence-corrected chi connectivity index (χ2v) is 7.01. The second-order valence-electron chi connectivity index (χ2n) is 7.01. The molecule has 2 atom stereocenters. The van der Waals surface area contributed by atoms with Gasteiger partial charge in [-0.3, -0.25) is 9.89 Å². The van der Waals surface area contributed by atoms with E-state index in [-0.39, 0.29) is 6.10 Å². The Kier molecular flexibility index (Phi) is 6.32. The van der Waals surface area contributed by atoms with Crippen molar-refractivity contribution >= 4 is 5.96 Å². The predicted molar refractivity (Wildman–Crippen MR) is 103 cm³/mol. The summed E-state index contributed by atoms with van der Waals surface area (Å²) in [5, 5.41) is 3.61. The normalized spacial score (nSPS) is 25.4. The van der Waals surface area contributed by atoms with Gasteiger partial charge in [0.05, 0.1) is 13.2 Å². The Morgan fingerprint density at radius 1 is 1.32 bits per heavy atom. The number of guanidine groups is 1. The lowest BCUT2D eigenvalue weighted by Gasteiger charge is -2.36. The molecule has 1 aromatic carbocycles. The first-order valence-corrected chi connectivity index (χ1v) is 9.59. The van der Waals surface area contributed by atoms with Gasteiger partial charge in [-0.05, 0) is 44.0 Å². The molecular formula is C20H32N4O. The Labute approximate surface area is 152 Å². The number of nitrogens with zero attached hydrogens (tertiary/aromatic N) is 3. The van der Waals surface area contributed by atoms with Crippen molar-refractivity contribution in [2.45, 2.75) is 38.8 Å². The van der Waals surface area contributed by atoms with Crippen LogP contribution in [0, 0.1) is 6.92 Å². The highest BCUT2D eigenvalue weighted by atomic mass is 16.5. The van der Waals surface area contributed by atoms with Gasteiger partial charge >= 0.3 is 0 Å². The maximum absolute atomic E-state index is 6.05. The van der Waals surface area contributed by atoms with Crippen LogP contribution in [0.25, 0.3) is 0 Å². The van der Waals surface area contributed by atoms with Crippen LogP contribution in [0.3, 0.4) is 0 Å². The van der Waals surface area contributed by atoms with Crippen LogP contribution in [-0.4, -0.2) is 68.2 Å². The summed E-state index contributed by atoms with van der Waals surface area (Å²) in [6, 6.07) is 9.15. The summed E-state index contributed by atoms with van der Waals surface area (Å²) >= 11 is 0. The second kappa shape index (κ2) is 8.68. The Hall–Kier alpha value is -1.59. The van der Waals surface area contributed by atoms with Crippen molar-refractivity contribution in [2.75, 3.05) is 46.4 Å². The molecule has 0 spiro atoms. The standard InChI is InChI=1S/C20H32N4O/c1-4-23-11-7-9-17(23)14-22-20(21-3)24-12-13-25-19(15-24)18-10-6-5-8-16(18)2/h5-6,8,10,17,19H,4,7,9,11-15H2,1-3H3,(H,21,22). The fraction of sp³-hybridized carbons (Fsp3) is 0.650. The molecule has 2 fully saturated rings. The van der Waals surface area contributed by atoms with E-state index in [0.29, 0.717) is 6.04 Å². The van der Waals surface area contributed by atoms with Crippen molar-refractivity contribution in [3.63, 3.8) is 0 Å². The van der Waals surface area contributed by atoms with Crippen LogP contribution in [-0.2, 0) is 4.74 Å². The summed E-state index contributed by atoms with van der Waals surface area (Å²) in [4.78, 5) is 9.44. The third-order valence-electron chi connectivity index (χ3n) is 5.51. The molecular weight excluding hydrogens is 312 g/mol. The number of rotatable bonds is 4. The molecule has 2 aliphatic heterocycles. The van der Waals surface area contributed by atoms with Crippen LogP contribution in [0.15, 0.2) is 29.3 Å². The zero-order valence-corrected chi connectivity index (χ0v) is 15.9. The molecule has 0 amide bonds. The summed E-state index contributed by atoms with van der Waals surface area (Å²) < 4.78 is 6.05. The minimum atomic E-state index is 0.118. The van der Waals surface area contributed by atoms with Gasteiger partial charge in [-0.2, -0.15) is 0 Å². The predicted octanol–water partition coefficient (Wildman–Crippen LogP) is 2.43. The van der Waals surface area contributed by atoms with Crippen LogP contribution in [0.1, 0.15) is 37.0 Å². The summed E-state index contributed by atoms with van der Waals surface area (Å²) in [6.07, 6.45) is 2.71. The SMILES string of the molecule is CCN1CCCC1CNC(=NC)N1CCOC(c2ccccc2C)C1. The highest BCUT2D eigenvalue weighted by molar-refractivity contribution is 5.80. The van der Waals surface area contributed by atoms with E-state index in [1.165, 1.54) is 30.5 Å². The topological polar surface area (TPSA) is 40.1 Å². The molecule has 2 heterocycles. The third-order valence-corrected chi connectivity index (χ3v) is 5.51. The molecule has 1 aromatic rings. The van der Waals surface area contributed by atoms with Gasteiger partial charge < -0.3 is 15.0 Å². The third kappa shape index (κ3) is 4.33. The molecule has 0 bridgehead atoms. The number of likely N-dealkylation sites (N-methyl/N-ethyl adjacent to an activating group) is 1. The lowest BCUT2D eigenvalue weighted by Crippen LogP contribution is -2.50. The molecule has 2 unspecified atom stereocenters. The number of ether oxygens (including phenoxy) is 1. The number of morpholine rings is 1. The summed E-state index contributed by atoms with van der Waals surface area (Å²) in [5.41, 5.74) is 2.58. The first-order chi connectivity index (χ1) is 12.2. The number of aryl methyl sites for hydroxylation is 1. The molecule has 2 aliphatic rings. The molecule has 25 heavy (non-hydrogen) atoms. The minimum absolute atomic E-state index is 0.118. The average Bonchev–Trinajstić information content (AvgIpc) is 3.10.